The minimum Gasteiger partial charge on any atom is -0.383 e. The molecule has 0 atom stereocenters. The number of ether oxygens (including phenoxy) is 1. The maximum absolute atomic E-state index is 12.1. The topological polar surface area (TPSA) is 51.2 Å². The number of carbonyl (C=O) groups is 1. The van der Waals surface area contributed by atoms with Gasteiger partial charge in [0, 0.05) is 24.7 Å². The van der Waals surface area contributed by atoms with Gasteiger partial charge >= 0.3 is 0 Å². The third kappa shape index (κ3) is 4.08. The van der Waals surface area contributed by atoms with E-state index < -0.39 is 0 Å². The molecular formula is C15H16N2O2S. The predicted molar refractivity (Wildman–Crippen MR) is 79.0 cm³/mol. The van der Waals surface area contributed by atoms with Crippen molar-refractivity contribution in [3.8, 4) is 0 Å². The third-order valence-electron chi connectivity index (χ3n) is 2.57. The lowest BCUT2D eigenvalue weighted by Crippen LogP contribution is -2.27. The molecule has 0 aliphatic carbocycles. The van der Waals surface area contributed by atoms with Crippen LogP contribution in [0.5, 0.6) is 0 Å². The van der Waals surface area contributed by atoms with Crippen LogP contribution in [-0.2, 0) is 4.74 Å². The average Bonchev–Trinajstić information content (AvgIpc) is 2.49. The van der Waals surface area contributed by atoms with Crippen molar-refractivity contribution in [3.05, 3.63) is 54.2 Å². The highest BCUT2D eigenvalue weighted by Gasteiger charge is 2.12. The van der Waals surface area contributed by atoms with Gasteiger partial charge in [-0.2, -0.15) is 0 Å². The Morgan fingerprint density at radius 1 is 1.25 bits per heavy atom. The first-order chi connectivity index (χ1) is 9.81. The number of methoxy groups -OCH3 is 1. The van der Waals surface area contributed by atoms with Crippen LogP contribution in [0.25, 0.3) is 0 Å². The van der Waals surface area contributed by atoms with Gasteiger partial charge in [-0.1, -0.05) is 30.0 Å². The van der Waals surface area contributed by atoms with Crippen LogP contribution in [0.3, 0.4) is 0 Å². The van der Waals surface area contributed by atoms with Gasteiger partial charge in [-0.25, -0.2) is 4.98 Å². The number of benzene rings is 1. The normalized spacial score (nSPS) is 10.2. The Morgan fingerprint density at radius 2 is 2.05 bits per heavy atom. The van der Waals surface area contributed by atoms with E-state index in [2.05, 4.69) is 10.3 Å². The number of hydrogen-bond acceptors (Lipinski definition) is 4. The van der Waals surface area contributed by atoms with Crippen molar-refractivity contribution < 1.29 is 9.53 Å². The standard InChI is InChI=1S/C15H16N2O2S/c1-19-11-10-16-14(18)13-8-5-9-17-15(13)20-12-6-3-2-4-7-12/h2-9H,10-11H2,1H3,(H,16,18). The van der Waals surface area contributed by atoms with Crippen LogP contribution in [0, 0.1) is 0 Å². The number of pyridine rings is 1. The smallest absolute Gasteiger partial charge is 0.254 e. The Kier molecular flexibility index (Phi) is 5.58. The summed E-state index contributed by atoms with van der Waals surface area (Å²) >= 11 is 1.48. The molecule has 0 aliphatic rings. The summed E-state index contributed by atoms with van der Waals surface area (Å²) in [5.41, 5.74) is 0.581. The van der Waals surface area contributed by atoms with Crippen LogP contribution >= 0.6 is 11.8 Å². The van der Waals surface area contributed by atoms with Crippen LogP contribution in [0.2, 0.25) is 0 Å². The molecule has 1 aromatic carbocycles. The highest BCUT2D eigenvalue weighted by molar-refractivity contribution is 7.99. The zero-order valence-electron chi connectivity index (χ0n) is 11.2. The second-order valence-electron chi connectivity index (χ2n) is 4.02. The molecule has 0 spiro atoms. The van der Waals surface area contributed by atoms with Gasteiger partial charge in [0.1, 0.15) is 5.03 Å². The third-order valence-corrected chi connectivity index (χ3v) is 3.59. The number of nitrogens with one attached hydrogen (secondary N) is 1. The van der Waals surface area contributed by atoms with Crippen molar-refractivity contribution in [2.24, 2.45) is 0 Å². The van der Waals surface area contributed by atoms with E-state index in [1.807, 2.05) is 30.3 Å². The fourth-order valence-corrected chi connectivity index (χ4v) is 2.51. The van der Waals surface area contributed by atoms with Gasteiger partial charge in [-0.3, -0.25) is 4.79 Å². The molecule has 1 aromatic heterocycles. The quantitative estimate of drug-likeness (QED) is 0.830. The van der Waals surface area contributed by atoms with E-state index in [0.29, 0.717) is 23.7 Å². The summed E-state index contributed by atoms with van der Waals surface area (Å²) in [5, 5.41) is 3.51. The van der Waals surface area contributed by atoms with Gasteiger partial charge in [0.2, 0.25) is 0 Å². The van der Waals surface area contributed by atoms with Gasteiger partial charge in [0.25, 0.3) is 5.91 Å². The Bertz CT molecular complexity index is 561. The SMILES string of the molecule is COCCNC(=O)c1cccnc1Sc1ccccc1. The second-order valence-corrected chi connectivity index (χ2v) is 5.08. The van der Waals surface area contributed by atoms with Crippen LogP contribution < -0.4 is 5.32 Å². The first-order valence-electron chi connectivity index (χ1n) is 6.26. The van der Waals surface area contributed by atoms with Gasteiger partial charge in [-0.05, 0) is 24.3 Å². The maximum atomic E-state index is 12.1. The lowest BCUT2D eigenvalue weighted by atomic mass is 10.2. The van der Waals surface area contributed by atoms with Crippen molar-refractivity contribution in [1.82, 2.24) is 10.3 Å². The molecule has 1 heterocycles. The number of amides is 1. The van der Waals surface area contributed by atoms with Crippen molar-refractivity contribution in [2.45, 2.75) is 9.92 Å². The number of nitrogens with zero attached hydrogens (tertiary/aromatic N) is 1. The van der Waals surface area contributed by atoms with E-state index in [-0.39, 0.29) is 5.91 Å². The summed E-state index contributed by atoms with van der Waals surface area (Å²) in [6.07, 6.45) is 1.69. The number of rotatable bonds is 6. The highest BCUT2D eigenvalue weighted by atomic mass is 32.2. The first kappa shape index (κ1) is 14.6. The number of aromatic nitrogens is 1. The van der Waals surface area contributed by atoms with Crippen LogP contribution in [0.4, 0.5) is 0 Å². The minimum atomic E-state index is -0.131. The lowest BCUT2D eigenvalue weighted by Gasteiger charge is -2.08. The molecule has 5 heteroatoms. The summed E-state index contributed by atoms with van der Waals surface area (Å²) in [4.78, 5) is 17.5. The predicted octanol–water partition coefficient (Wildman–Crippen LogP) is 2.61. The van der Waals surface area contributed by atoms with Gasteiger partial charge in [0.05, 0.1) is 12.2 Å². The molecule has 2 rings (SSSR count). The molecular weight excluding hydrogens is 272 g/mol. The average molecular weight is 288 g/mol. The Labute approximate surface area is 122 Å². The van der Waals surface area contributed by atoms with Crippen molar-refractivity contribution >= 4 is 17.7 Å². The van der Waals surface area contributed by atoms with Gasteiger partial charge < -0.3 is 10.1 Å². The molecule has 0 saturated carbocycles. The largest absolute Gasteiger partial charge is 0.383 e. The molecule has 1 amide bonds. The second kappa shape index (κ2) is 7.67. The molecule has 20 heavy (non-hydrogen) atoms. The zero-order valence-corrected chi connectivity index (χ0v) is 12.0. The molecule has 0 saturated heterocycles. The summed E-state index contributed by atoms with van der Waals surface area (Å²) in [7, 11) is 1.60. The molecule has 2 aromatic rings. The summed E-state index contributed by atoms with van der Waals surface area (Å²) in [6, 6.07) is 13.4. The molecule has 0 aliphatic heterocycles. The fraction of sp³-hybridized carbons (Fsp3) is 0.200. The van der Waals surface area contributed by atoms with E-state index in [9.17, 15) is 4.79 Å². The van der Waals surface area contributed by atoms with Crippen LogP contribution in [0.1, 0.15) is 10.4 Å². The molecule has 0 fully saturated rings. The number of carbonyl (C=O) groups excluding carboxylic acids is 1. The van der Waals surface area contributed by atoms with E-state index in [1.165, 1.54) is 11.8 Å². The van der Waals surface area contributed by atoms with Gasteiger partial charge in [0.15, 0.2) is 0 Å². The molecule has 1 N–H and O–H groups in total. The fourth-order valence-electron chi connectivity index (χ4n) is 1.61. The monoisotopic (exact) mass is 288 g/mol. The highest BCUT2D eigenvalue weighted by Crippen LogP contribution is 2.28. The van der Waals surface area contributed by atoms with Crippen molar-refractivity contribution in [2.75, 3.05) is 20.3 Å². The summed E-state index contributed by atoms with van der Waals surface area (Å²) < 4.78 is 4.92. The van der Waals surface area contributed by atoms with E-state index in [1.54, 1.807) is 25.4 Å². The van der Waals surface area contributed by atoms with E-state index >= 15 is 0 Å². The Balaban J connectivity index is 2.11. The summed E-state index contributed by atoms with van der Waals surface area (Å²) in [5.74, 6) is -0.131. The maximum Gasteiger partial charge on any atom is 0.254 e. The first-order valence-corrected chi connectivity index (χ1v) is 7.08. The van der Waals surface area contributed by atoms with Crippen molar-refractivity contribution in [3.63, 3.8) is 0 Å². The van der Waals surface area contributed by atoms with Crippen LogP contribution in [-0.4, -0.2) is 31.2 Å². The minimum absolute atomic E-state index is 0.131. The Hall–Kier alpha value is -1.85. The zero-order chi connectivity index (χ0) is 14.2. The molecule has 0 radical (unpaired) electrons. The van der Waals surface area contributed by atoms with E-state index in [0.717, 1.165) is 4.90 Å². The van der Waals surface area contributed by atoms with E-state index in [4.69, 9.17) is 4.74 Å². The number of hydrogen-bond donors (Lipinski definition) is 1. The summed E-state index contributed by atoms with van der Waals surface area (Å²) in [6.45, 7) is 0.979. The molecule has 104 valence electrons. The van der Waals surface area contributed by atoms with Crippen molar-refractivity contribution in [1.29, 1.82) is 0 Å². The van der Waals surface area contributed by atoms with Crippen LogP contribution in [0.15, 0.2) is 58.6 Å². The molecule has 0 unspecified atom stereocenters. The van der Waals surface area contributed by atoms with Gasteiger partial charge in [-0.15, -0.1) is 0 Å². The molecule has 0 bridgehead atoms. The molecule has 4 nitrogen and oxygen atoms in total. The lowest BCUT2D eigenvalue weighted by molar-refractivity contribution is 0.0933. The Morgan fingerprint density at radius 3 is 2.80 bits per heavy atom.